The maximum absolute atomic E-state index is 13.2. The molecule has 1 amide bonds. The van der Waals surface area contributed by atoms with Crippen LogP contribution in [0.5, 0.6) is 0 Å². The highest BCUT2D eigenvalue weighted by atomic mass is 32.2. The maximum atomic E-state index is 13.2. The molecule has 0 N–H and O–H groups in total. The van der Waals surface area contributed by atoms with Gasteiger partial charge in [-0.3, -0.25) is 19.1 Å². The highest BCUT2D eigenvalue weighted by molar-refractivity contribution is 8.26. The SMILES string of the molecule is CCCCCCN1C(=O)/C(=C/c2c(C)c(C#N)c(=O)n(CCCC)c2N2CCCC2)SC1=S. The molecule has 0 aliphatic carbocycles. The third-order valence-electron chi connectivity index (χ3n) is 6.37. The third kappa shape index (κ3) is 5.52. The molecular formula is C25H34N4O2S2. The number of nitrogens with zero attached hydrogens (tertiary/aromatic N) is 4. The van der Waals surface area contributed by atoms with Crippen LogP contribution in [0.3, 0.4) is 0 Å². The zero-order valence-electron chi connectivity index (χ0n) is 20.0. The lowest BCUT2D eigenvalue weighted by Gasteiger charge is -2.27. The van der Waals surface area contributed by atoms with E-state index in [0.29, 0.717) is 27.9 Å². The van der Waals surface area contributed by atoms with Gasteiger partial charge in [-0.05, 0) is 44.2 Å². The van der Waals surface area contributed by atoms with E-state index in [-0.39, 0.29) is 17.0 Å². The summed E-state index contributed by atoms with van der Waals surface area (Å²) in [7, 11) is 0. The molecule has 6 nitrogen and oxygen atoms in total. The fourth-order valence-electron chi connectivity index (χ4n) is 4.46. The average Bonchev–Trinajstić information content (AvgIpc) is 3.41. The zero-order valence-corrected chi connectivity index (χ0v) is 21.6. The Labute approximate surface area is 206 Å². The number of unbranched alkanes of at least 4 members (excludes halogenated alkanes) is 4. The molecular weight excluding hydrogens is 452 g/mol. The number of hydrogen-bond acceptors (Lipinski definition) is 6. The van der Waals surface area contributed by atoms with Gasteiger partial charge in [0.15, 0.2) is 0 Å². The number of nitriles is 1. The number of anilines is 1. The van der Waals surface area contributed by atoms with E-state index in [1.165, 1.54) is 11.8 Å². The van der Waals surface area contributed by atoms with Crippen molar-refractivity contribution in [3.63, 3.8) is 0 Å². The van der Waals surface area contributed by atoms with E-state index >= 15 is 0 Å². The fraction of sp³-hybridized carbons (Fsp3) is 0.600. The van der Waals surface area contributed by atoms with Gasteiger partial charge in [0.1, 0.15) is 21.8 Å². The van der Waals surface area contributed by atoms with Crippen LogP contribution in [0.2, 0.25) is 0 Å². The Kier molecular flexibility index (Phi) is 9.16. The Morgan fingerprint density at radius 1 is 1.06 bits per heavy atom. The molecule has 3 rings (SSSR count). The highest BCUT2D eigenvalue weighted by Gasteiger charge is 2.33. The van der Waals surface area contributed by atoms with Crippen molar-refractivity contribution in [3.05, 3.63) is 31.9 Å². The van der Waals surface area contributed by atoms with Gasteiger partial charge in [0.25, 0.3) is 11.5 Å². The number of thioether (sulfide) groups is 1. The van der Waals surface area contributed by atoms with E-state index in [9.17, 15) is 14.9 Å². The van der Waals surface area contributed by atoms with Gasteiger partial charge in [0.05, 0.1) is 4.91 Å². The zero-order chi connectivity index (χ0) is 24.0. The number of carbonyl (C=O) groups is 1. The summed E-state index contributed by atoms with van der Waals surface area (Å²) in [5.41, 5.74) is 1.38. The molecule has 0 unspecified atom stereocenters. The summed E-state index contributed by atoms with van der Waals surface area (Å²) >= 11 is 6.85. The van der Waals surface area contributed by atoms with Gasteiger partial charge in [-0.2, -0.15) is 5.26 Å². The molecule has 3 heterocycles. The van der Waals surface area contributed by atoms with Crippen molar-refractivity contribution in [1.29, 1.82) is 5.26 Å². The van der Waals surface area contributed by atoms with Crippen molar-refractivity contribution in [3.8, 4) is 6.07 Å². The van der Waals surface area contributed by atoms with Crippen LogP contribution in [0.25, 0.3) is 6.08 Å². The quantitative estimate of drug-likeness (QED) is 0.257. The lowest BCUT2D eigenvalue weighted by molar-refractivity contribution is -0.122. The lowest BCUT2D eigenvalue weighted by atomic mass is 10.0. The second-order valence-electron chi connectivity index (χ2n) is 8.75. The first kappa shape index (κ1) is 25.5. The van der Waals surface area contributed by atoms with Crippen molar-refractivity contribution in [1.82, 2.24) is 9.47 Å². The van der Waals surface area contributed by atoms with E-state index in [1.54, 1.807) is 9.47 Å². The number of amides is 1. The Morgan fingerprint density at radius 2 is 1.76 bits per heavy atom. The summed E-state index contributed by atoms with van der Waals surface area (Å²) < 4.78 is 2.35. The highest BCUT2D eigenvalue weighted by Crippen LogP contribution is 2.36. The first-order valence-corrected chi connectivity index (χ1v) is 13.3. The molecule has 2 aliphatic rings. The number of aromatic nitrogens is 1. The van der Waals surface area contributed by atoms with E-state index in [2.05, 4.69) is 24.8 Å². The minimum Gasteiger partial charge on any atom is -0.357 e. The van der Waals surface area contributed by atoms with E-state index in [4.69, 9.17) is 12.2 Å². The monoisotopic (exact) mass is 486 g/mol. The van der Waals surface area contributed by atoms with Gasteiger partial charge in [-0.1, -0.05) is 63.5 Å². The number of thiocarbonyl (C=S) groups is 1. The summed E-state index contributed by atoms with van der Waals surface area (Å²) in [6.45, 7) is 9.02. The topological polar surface area (TPSA) is 69.3 Å². The number of rotatable bonds is 10. The van der Waals surface area contributed by atoms with Crippen LogP contribution in [-0.2, 0) is 11.3 Å². The van der Waals surface area contributed by atoms with Gasteiger partial charge in [-0.15, -0.1) is 0 Å². The van der Waals surface area contributed by atoms with Crippen molar-refractivity contribution in [2.24, 2.45) is 0 Å². The molecule has 8 heteroatoms. The average molecular weight is 487 g/mol. The van der Waals surface area contributed by atoms with Crippen LogP contribution in [0.15, 0.2) is 9.70 Å². The Bertz CT molecular complexity index is 1030. The van der Waals surface area contributed by atoms with Crippen LogP contribution in [-0.4, -0.2) is 39.3 Å². The fourth-order valence-corrected chi connectivity index (χ4v) is 5.75. The molecule has 33 heavy (non-hydrogen) atoms. The lowest BCUT2D eigenvalue weighted by Crippen LogP contribution is -2.33. The van der Waals surface area contributed by atoms with Crippen molar-refractivity contribution in [2.75, 3.05) is 24.5 Å². The molecule has 1 aromatic heterocycles. The van der Waals surface area contributed by atoms with Gasteiger partial charge in [0.2, 0.25) is 0 Å². The van der Waals surface area contributed by atoms with E-state index in [1.807, 2.05) is 13.0 Å². The number of pyridine rings is 1. The number of hydrogen-bond donors (Lipinski definition) is 0. The van der Waals surface area contributed by atoms with Crippen LogP contribution >= 0.6 is 24.0 Å². The first-order chi connectivity index (χ1) is 15.9. The van der Waals surface area contributed by atoms with E-state index in [0.717, 1.165) is 75.8 Å². The van der Waals surface area contributed by atoms with Gasteiger partial charge in [0, 0.05) is 31.7 Å². The Hall–Kier alpha value is -2.11. The van der Waals surface area contributed by atoms with Gasteiger partial charge >= 0.3 is 0 Å². The molecule has 2 fully saturated rings. The Morgan fingerprint density at radius 3 is 2.39 bits per heavy atom. The minimum absolute atomic E-state index is 0.0712. The van der Waals surface area contributed by atoms with Gasteiger partial charge in [-0.25, -0.2) is 0 Å². The molecule has 0 bridgehead atoms. The van der Waals surface area contributed by atoms with Crippen molar-refractivity contribution in [2.45, 2.75) is 78.7 Å². The molecule has 178 valence electrons. The largest absolute Gasteiger partial charge is 0.357 e. The molecule has 0 radical (unpaired) electrons. The minimum atomic E-state index is -0.231. The van der Waals surface area contributed by atoms with Crippen LogP contribution in [0.1, 0.15) is 81.9 Å². The smallest absolute Gasteiger partial charge is 0.270 e. The second-order valence-corrected chi connectivity index (χ2v) is 10.4. The second kappa shape index (κ2) is 11.8. The summed E-state index contributed by atoms with van der Waals surface area (Å²) in [4.78, 5) is 30.9. The molecule has 0 saturated carbocycles. The maximum Gasteiger partial charge on any atom is 0.270 e. The van der Waals surface area contributed by atoms with Crippen molar-refractivity contribution < 1.29 is 4.79 Å². The van der Waals surface area contributed by atoms with Gasteiger partial charge < -0.3 is 4.90 Å². The summed E-state index contributed by atoms with van der Waals surface area (Å²) in [5, 5.41) is 9.77. The predicted octanol–water partition coefficient (Wildman–Crippen LogP) is 5.21. The van der Waals surface area contributed by atoms with Crippen LogP contribution in [0.4, 0.5) is 5.82 Å². The van der Waals surface area contributed by atoms with E-state index < -0.39 is 0 Å². The molecule has 2 aliphatic heterocycles. The first-order valence-electron chi connectivity index (χ1n) is 12.1. The molecule has 1 aromatic rings. The third-order valence-corrected chi connectivity index (χ3v) is 7.75. The summed E-state index contributed by atoms with van der Waals surface area (Å²) in [6.07, 6.45) is 10.1. The van der Waals surface area contributed by atoms with Crippen LogP contribution < -0.4 is 10.5 Å². The normalized spacial score (nSPS) is 17.5. The molecule has 0 atom stereocenters. The number of carbonyl (C=O) groups excluding carboxylic acids is 1. The predicted molar refractivity (Wildman–Crippen MR) is 141 cm³/mol. The summed E-state index contributed by atoms with van der Waals surface area (Å²) in [5.74, 6) is 0.772. The Balaban J connectivity index is 2.07. The summed E-state index contributed by atoms with van der Waals surface area (Å²) in [6, 6.07) is 2.12. The standard InChI is InChI=1S/C25H34N4O2S2/c1-4-6-8-9-15-29-24(31)21(33-25(29)32)16-19-18(3)20(17-26)23(30)28(14-7-5-2)22(19)27-12-10-11-13-27/h16H,4-15H2,1-3H3/b21-16-. The molecule has 2 saturated heterocycles. The molecule has 0 spiro atoms. The van der Waals surface area contributed by atoms with Crippen molar-refractivity contribution >= 4 is 46.1 Å². The van der Waals surface area contributed by atoms with Crippen LogP contribution in [0, 0.1) is 18.3 Å². The molecule has 0 aromatic carbocycles.